The molecule has 0 atom stereocenters. The van der Waals surface area contributed by atoms with Gasteiger partial charge in [0.05, 0.1) is 0 Å². The molecule has 2 N–H and O–H groups in total. The van der Waals surface area contributed by atoms with Crippen LogP contribution in [-0.2, 0) is 0 Å². The molecule has 0 aliphatic heterocycles. The van der Waals surface area contributed by atoms with Crippen molar-refractivity contribution in [2.45, 2.75) is 39.4 Å². The van der Waals surface area contributed by atoms with E-state index in [0.717, 1.165) is 0 Å². The van der Waals surface area contributed by atoms with E-state index in [-0.39, 0.29) is 11.7 Å². The van der Waals surface area contributed by atoms with Gasteiger partial charge in [-0.05, 0) is 27.7 Å². The summed E-state index contributed by atoms with van der Waals surface area (Å²) in [4.78, 5) is 19.2. The molecular weight excluding hydrogens is 161 g/mol. The Morgan fingerprint density at radius 2 is 1.45 bits per heavy atom. The first-order valence-corrected chi connectivity index (χ1v) is 5.59. The van der Waals surface area contributed by atoms with Crippen molar-refractivity contribution in [1.29, 1.82) is 0 Å². The third kappa shape index (κ3) is 2.68. The van der Waals surface area contributed by atoms with Crippen molar-refractivity contribution >= 4 is 7.87 Å². The van der Waals surface area contributed by atoms with E-state index in [1.54, 1.807) is 11.7 Å². The average Bonchev–Trinajstić information content (AvgIpc) is 1.85. The van der Waals surface area contributed by atoms with Crippen molar-refractivity contribution in [2.75, 3.05) is 7.05 Å². The van der Waals surface area contributed by atoms with E-state index in [4.69, 9.17) is 0 Å². The van der Waals surface area contributed by atoms with Crippen LogP contribution < -0.4 is 0 Å². The predicted octanol–water partition coefficient (Wildman–Crippen LogP) is 1.48. The highest BCUT2D eigenvalue weighted by atomic mass is 31.2. The fraction of sp³-hybridized carbons (Fsp3) is 1.00. The number of hydrogen-bond acceptors (Lipinski definition) is 3. The lowest BCUT2D eigenvalue weighted by Gasteiger charge is -2.27. The first-order chi connectivity index (χ1) is 4.80. The molecule has 68 valence electrons. The molecule has 0 heterocycles. The molecule has 0 saturated carbocycles. The smallest absolute Gasteiger partial charge is 0.201 e. The van der Waals surface area contributed by atoms with Gasteiger partial charge >= 0.3 is 7.87 Å². The zero-order valence-corrected chi connectivity index (χ0v) is 8.84. The molecule has 0 rings (SSSR count). The zero-order valence-electron chi connectivity index (χ0n) is 7.94. The molecule has 0 fully saturated rings. The van der Waals surface area contributed by atoms with Crippen LogP contribution in [-0.4, -0.2) is 33.2 Å². The third-order valence-electron chi connectivity index (χ3n) is 1.90. The van der Waals surface area contributed by atoms with Crippen LogP contribution in [0.5, 0.6) is 0 Å². The van der Waals surface area contributed by atoms with E-state index >= 15 is 0 Å². The second-order valence-corrected chi connectivity index (χ2v) is 6.27. The Labute approximate surface area is 69.6 Å². The van der Waals surface area contributed by atoms with Gasteiger partial charge in [0.25, 0.3) is 0 Å². The first kappa shape index (κ1) is 11.3. The Hall–Kier alpha value is 0.310. The minimum atomic E-state index is -2.83. The van der Waals surface area contributed by atoms with Crippen molar-refractivity contribution < 1.29 is 9.79 Å². The zero-order chi connectivity index (χ0) is 9.23. The predicted molar refractivity (Wildman–Crippen MR) is 49.4 cm³/mol. The molecule has 0 aliphatic carbocycles. The number of nitrogens with zero attached hydrogens (tertiary/aromatic N) is 1. The maximum absolute atomic E-state index is 9.62. The van der Waals surface area contributed by atoms with E-state index in [0.29, 0.717) is 0 Å². The lowest BCUT2D eigenvalue weighted by Crippen LogP contribution is -2.30. The quantitative estimate of drug-likeness (QED) is 0.646. The summed E-state index contributed by atoms with van der Waals surface area (Å²) >= 11 is 0. The molecule has 0 aliphatic rings. The summed E-state index contributed by atoms with van der Waals surface area (Å²) in [6, 6.07) is 0.181. The van der Waals surface area contributed by atoms with Crippen molar-refractivity contribution in [3.8, 4) is 0 Å². The Kier molecular flexibility index (Phi) is 3.92. The molecule has 0 aromatic heterocycles. The lowest BCUT2D eigenvalue weighted by atomic mass is 10.4. The fourth-order valence-corrected chi connectivity index (χ4v) is 2.11. The second-order valence-electron chi connectivity index (χ2n) is 3.38. The molecule has 0 saturated heterocycles. The largest absolute Gasteiger partial charge is 0.344 e. The highest BCUT2D eigenvalue weighted by Crippen LogP contribution is 2.57. The Morgan fingerprint density at radius 1 is 1.09 bits per heavy atom. The van der Waals surface area contributed by atoms with E-state index in [9.17, 15) is 9.79 Å². The highest BCUT2D eigenvalue weighted by Gasteiger charge is 2.44. The third-order valence-corrected chi connectivity index (χ3v) is 4.68. The van der Waals surface area contributed by atoms with E-state index < -0.39 is 7.87 Å². The van der Waals surface area contributed by atoms with Crippen molar-refractivity contribution in [3.05, 3.63) is 0 Å². The van der Waals surface area contributed by atoms with E-state index in [1.807, 2.05) is 27.7 Å². The van der Waals surface area contributed by atoms with Gasteiger partial charge in [0.15, 0.2) is 0 Å². The van der Waals surface area contributed by atoms with Crippen LogP contribution in [0.4, 0.5) is 0 Å². The summed E-state index contributed by atoms with van der Waals surface area (Å²) in [6.45, 7) is 7.55. The topological polar surface area (TPSA) is 43.7 Å². The van der Waals surface area contributed by atoms with Crippen LogP contribution >= 0.6 is 7.87 Å². The summed E-state index contributed by atoms with van der Waals surface area (Å²) in [5.74, 6) is 0. The maximum Gasteiger partial charge on any atom is 0.344 e. The molecule has 0 amide bonds. The highest BCUT2D eigenvalue weighted by molar-refractivity contribution is 7.62. The fourth-order valence-electron chi connectivity index (χ4n) is 0.704. The maximum atomic E-state index is 9.62. The summed E-state index contributed by atoms with van der Waals surface area (Å²) in [5.41, 5.74) is -0.0742. The van der Waals surface area contributed by atoms with Crippen molar-refractivity contribution in [2.24, 2.45) is 0 Å². The molecular formula is C7H19NO2P+. The monoisotopic (exact) mass is 180 g/mol. The summed E-state index contributed by atoms with van der Waals surface area (Å²) in [5, 5.41) is 0. The lowest BCUT2D eigenvalue weighted by molar-refractivity contribution is 0.304. The van der Waals surface area contributed by atoms with Crippen LogP contribution in [0.15, 0.2) is 0 Å². The van der Waals surface area contributed by atoms with Crippen LogP contribution in [0, 0.1) is 0 Å². The Bertz CT molecular complexity index is 126. The van der Waals surface area contributed by atoms with Gasteiger partial charge in [0, 0.05) is 13.1 Å². The molecule has 0 aromatic rings. The summed E-state index contributed by atoms with van der Waals surface area (Å²) in [7, 11) is -1.08. The number of rotatable bonds is 3. The minimum Gasteiger partial charge on any atom is -0.201 e. The van der Waals surface area contributed by atoms with Gasteiger partial charge in [0.2, 0.25) is 0 Å². The first-order valence-electron chi connectivity index (χ1n) is 3.87. The summed E-state index contributed by atoms with van der Waals surface area (Å²) < 4.78 is 1.65. The Balaban J connectivity index is 4.29. The van der Waals surface area contributed by atoms with Crippen LogP contribution in [0.3, 0.4) is 0 Å². The second kappa shape index (κ2) is 3.81. The minimum absolute atomic E-state index is 0.0742. The van der Waals surface area contributed by atoms with Gasteiger partial charge in [-0.1, -0.05) is 0 Å². The van der Waals surface area contributed by atoms with Crippen molar-refractivity contribution in [1.82, 2.24) is 4.67 Å². The molecule has 0 radical (unpaired) electrons. The van der Waals surface area contributed by atoms with E-state index in [1.165, 1.54) is 0 Å². The van der Waals surface area contributed by atoms with Crippen LogP contribution in [0.25, 0.3) is 0 Å². The van der Waals surface area contributed by atoms with Gasteiger partial charge < -0.3 is 0 Å². The number of hydrogen-bond donors (Lipinski definition) is 2. The molecule has 0 unspecified atom stereocenters. The molecule has 0 aromatic carbocycles. The normalized spacial score (nSPS) is 13.6. The van der Waals surface area contributed by atoms with Gasteiger partial charge in [-0.3, -0.25) is 0 Å². The molecule has 3 nitrogen and oxygen atoms in total. The standard InChI is InChI=1S/C7H19NO2P/c1-6(2)8(5)11(9,10)7(3)4/h6-7,9-10H,1-5H3/q+1. The SMILES string of the molecule is CC(C)N(C)[P+](O)(O)C(C)C. The molecule has 4 heteroatoms. The van der Waals surface area contributed by atoms with E-state index in [2.05, 4.69) is 0 Å². The van der Waals surface area contributed by atoms with Gasteiger partial charge in [-0.15, -0.1) is 4.67 Å². The molecule has 0 spiro atoms. The van der Waals surface area contributed by atoms with Gasteiger partial charge in [0.1, 0.15) is 5.66 Å². The molecule has 0 bridgehead atoms. The summed E-state index contributed by atoms with van der Waals surface area (Å²) in [6.07, 6.45) is 0. The van der Waals surface area contributed by atoms with Gasteiger partial charge in [-0.25, -0.2) is 9.79 Å². The van der Waals surface area contributed by atoms with Crippen LogP contribution in [0.2, 0.25) is 0 Å². The molecule has 11 heavy (non-hydrogen) atoms. The van der Waals surface area contributed by atoms with Gasteiger partial charge in [-0.2, -0.15) is 0 Å². The van der Waals surface area contributed by atoms with Crippen molar-refractivity contribution in [3.63, 3.8) is 0 Å². The Morgan fingerprint density at radius 3 is 1.55 bits per heavy atom. The van der Waals surface area contributed by atoms with Crippen LogP contribution in [0.1, 0.15) is 27.7 Å². The average molecular weight is 180 g/mol.